The third kappa shape index (κ3) is 1.81. The minimum Gasteiger partial charge on any atom is -0.335 e. The van der Waals surface area contributed by atoms with E-state index in [-0.39, 0.29) is 5.82 Å². The molecular weight excluding hydrogens is 255 g/mol. The first-order valence-corrected chi connectivity index (χ1v) is 7.00. The van der Waals surface area contributed by atoms with E-state index in [1.165, 1.54) is 37.8 Å². The largest absolute Gasteiger partial charge is 0.335 e. The van der Waals surface area contributed by atoms with Crippen molar-refractivity contribution < 1.29 is 4.39 Å². The molecule has 0 radical (unpaired) electrons. The summed E-state index contributed by atoms with van der Waals surface area (Å²) in [6.07, 6.45) is 6.71. The number of halogens is 1. The maximum absolute atomic E-state index is 13.0. The number of H-pyrrole nitrogens is 1. The summed E-state index contributed by atoms with van der Waals surface area (Å²) in [5.41, 5.74) is 2.73. The molecule has 1 fully saturated rings. The maximum atomic E-state index is 13.0. The third-order valence-electron chi connectivity index (χ3n) is 4.03. The number of aromatic nitrogens is 4. The monoisotopic (exact) mass is 270 g/mol. The highest BCUT2D eigenvalue weighted by molar-refractivity contribution is 5.76. The number of nitrogens with one attached hydrogen (secondary N) is 1. The first-order chi connectivity index (χ1) is 9.81. The van der Waals surface area contributed by atoms with Crippen molar-refractivity contribution in [2.24, 2.45) is 0 Å². The summed E-state index contributed by atoms with van der Waals surface area (Å²) in [5.74, 6) is 0.533. The van der Waals surface area contributed by atoms with Crippen LogP contribution in [0.2, 0.25) is 0 Å². The number of nitrogens with zero attached hydrogens (tertiary/aromatic N) is 3. The summed E-state index contributed by atoms with van der Waals surface area (Å²) in [4.78, 5) is 7.90. The van der Waals surface area contributed by atoms with Crippen LogP contribution in [0, 0.1) is 5.82 Å². The van der Waals surface area contributed by atoms with Crippen LogP contribution in [0.15, 0.2) is 30.5 Å². The highest BCUT2D eigenvalue weighted by Crippen LogP contribution is 2.31. The van der Waals surface area contributed by atoms with Gasteiger partial charge in [-0.2, -0.15) is 5.10 Å². The summed E-state index contributed by atoms with van der Waals surface area (Å²) >= 11 is 0. The Bertz CT molecular complexity index is 735. The molecule has 2 heterocycles. The van der Waals surface area contributed by atoms with Crippen LogP contribution >= 0.6 is 0 Å². The zero-order chi connectivity index (χ0) is 13.5. The van der Waals surface area contributed by atoms with Gasteiger partial charge in [0.15, 0.2) is 5.65 Å². The summed E-state index contributed by atoms with van der Waals surface area (Å²) in [7, 11) is 0. The lowest BCUT2D eigenvalue weighted by Crippen LogP contribution is -2.06. The van der Waals surface area contributed by atoms with E-state index in [0.29, 0.717) is 6.04 Å². The van der Waals surface area contributed by atoms with Gasteiger partial charge in [0.2, 0.25) is 0 Å². The minimum absolute atomic E-state index is 0.234. The van der Waals surface area contributed by atoms with Crippen molar-refractivity contribution >= 4 is 11.2 Å². The molecule has 0 unspecified atom stereocenters. The van der Waals surface area contributed by atoms with E-state index in [1.807, 2.05) is 10.9 Å². The minimum atomic E-state index is -0.234. The van der Waals surface area contributed by atoms with Crippen molar-refractivity contribution in [3.63, 3.8) is 0 Å². The second kappa shape index (κ2) is 4.44. The van der Waals surface area contributed by atoms with Crippen LogP contribution in [0.3, 0.4) is 0 Å². The molecule has 1 saturated carbocycles. The fourth-order valence-electron chi connectivity index (χ4n) is 2.98. The molecule has 102 valence electrons. The smallest absolute Gasteiger partial charge is 0.177 e. The van der Waals surface area contributed by atoms with E-state index in [4.69, 9.17) is 0 Å². The molecule has 4 nitrogen and oxygen atoms in total. The molecule has 1 aliphatic carbocycles. The standard InChI is InChI=1S/C15H15FN4/c16-11-7-5-10(6-8-11)14-18-13-9-17-20(15(13)19-14)12-3-1-2-4-12/h5-9,12H,1-4H2,(H,18,19). The average Bonchev–Trinajstić information content (AvgIpc) is 3.15. The average molecular weight is 270 g/mol. The van der Waals surface area contributed by atoms with E-state index in [0.717, 1.165) is 22.6 Å². The van der Waals surface area contributed by atoms with E-state index in [2.05, 4.69) is 15.1 Å². The number of hydrogen-bond donors (Lipinski definition) is 1. The topological polar surface area (TPSA) is 46.5 Å². The van der Waals surface area contributed by atoms with Crippen molar-refractivity contribution in [1.82, 2.24) is 19.7 Å². The Kier molecular flexibility index (Phi) is 2.58. The maximum Gasteiger partial charge on any atom is 0.177 e. The third-order valence-corrected chi connectivity index (χ3v) is 4.03. The zero-order valence-corrected chi connectivity index (χ0v) is 11.0. The van der Waals surface area contributed by atoms with Gasteiger partial charge in [-0.15, -0.1) is 0 Å². The molecule has 3 aromatic rings. The molecule has 1 N–H and O–H groups in total. The molecule has 1 aliphatic rings. The van der Waals surface area contributed by atoms with E-state index >= 15 is 0 Å². The predicted molar refractivity (Wildman–Crippen MR) is 74.8 cm³/mol. The zero-order valence-electron chi connectivity index (χ0n) is 11.0. The molecule has 0 saturated heterocycles. The summed E-state index contributed by atoms with van der Waals surface area (Å²) < 4.78 is 15.0. The lowest BCUT2D eigenvalue weighted by molar-refractivity contribution is 0.479. The number of fused-ring (bicyclic) bond motifs is 1. The van der Waals surface area contributed by atoms with Crippen molar-refractivity contribution in [3.05, 3.63) is 36.3 Å². The van der Waals surface area contributed by atoms with Gasteiger partial charge >= 0.3 is 0 Å². The normalized spacial score (nSPS) is 16.2. The van der Waals surface area contributed by atoms with Gasteiger partial charge in [0.05, 0.1) is 12.2 Å². The van der Waals surface area contributed by atoms with Crippen molar-refractivity contribution in [1.29, 1.82) is 0 Å². The molecule has 2 aromatic heterocycles. The van der Waals surface area contributed by atoms with Gasteiger partial charge in [0.25, 0.3) is 0 Å². The van der Waals surface area contributed by atoms with Gasteiger partial charge in [0.1, 0.15) is 17.2 Å². The lowest BCUT2D eigenvalue weighted by atomic mass is 10.2. The Morgan fingerprint density at radius 2 is 1.90 bits per heavy atom. The van der Waals surface area contributed by atoms with Gasteiger partial charge < -0.3 is 4.98 Å². The highest BCUT2D eigenvalue weighted by atomic mass is 19.1. The fourth-order valence-corrected chi connectivity index (χ4v) is 2.98. The first-order valence-electron chi connectivity index (χ1n) is 7.00. The Hall–Kier alpha value is -2.17. The van der Waals surface area contributed by atoms with Crippen LogP contribution in [0.25, 0.3) is 22.6 Å². The van der Waals surface area contributed by atoms with Gasteiger partial charge in [0, 0.05) is 5.56 Å². The molecule has 0 atom stereocenters. The van der Waals surface area contributed by atoms with Crippen molar-refractivity contribution in [2.75, 3.05) is 0 Å². The molecule has 5 heteroatoms. The van der Waals surface area contributed by atoms with Crippen molar-refractivity contribution in [2.45, 2.75) is 31.7 Å². The number of hydrogen-bond acceptors (Lipinski definition) is 2. The van der Waals surface area contributed by atoms with Crippen LogP contribution in [-0.4, -0.2) is 19.7 Å². The second-order valence-corrected chi connectivity index (χ2v) is 5.36. The molecular formula is C15H15FN4. The Morgan fingerprint density at radius 1 is 1.15 bits per heavy atom. The Labute approximate surface area is 115 Å². The van der Waals surface area contributed by atoms with E-state index < -0.39 is 0 Å². The van der Waals surface area contributed by atoms with Crippen LogP contribution < -0.4 is 0 Å². The van der Waals surface area contributed by atoms with Gasteiger partial charge in [-0.05, 0) is 37.1 Å². The predicted octanol–water partition coefficient (Wildman–Crippen LogP) is 3.68. The Morgan fingerprint density at radius 3 is 2.65 bits per heavy atom. The van der Waals surface area contributed by atoms with Crippen LogP contribution in [-0.2, 0) is 0 Å². The number of imidazole rings is 1. The number of benzene rings is 1. The van der Waals surface area contributed by atoms with Gasteiger partial charge in [-0.3, -0.25) is 0 Å². The molecule has 0 amide bonds. The van der Waals surface area contributed by atoms with Crippen LogP contribution in [0.1, 0.15) is 31.7 Å². The summed E-state index contributed by atoms with van der Waals surface area (Å²) in [5, 5.41) is 4.45. The Balaban J connectivity index is 1.77. The van der Waals surface area contributed by atoms with Gasteiger partial charge in [-0.25, -0.2) is 14.1 Å². The highest BCUT2D eigenvalue weighted by Gasteiger charge is 2.21. The lowest BCUT2D eigenvalue weighted by Gasteiger charge is -2.08. The van der Waals surface area contributed by atoms with Crippen molar-refractivity contribution in [3.8, 4) is 11.4 Å². The van der Waals surface area contributed by atoms with Crippen LogP contribution in [0.5, 0.6) is 0 Å². The molecule has 0 bridgehead atoms. The second-order valence-electron chi connectivity index (χ2n) is 5.36. The quantitative estimate of drug-likeness (QED) is 0.772. The first kappa shape index (κ1) is 11.6. The number of aromatic amines is 1. The van der Waals surface area contributed by atoms with E-state index in [9.17, 15) is 4.39 Å². The molecule has 0 aliphatic heterocycles. The molecule has 0 spiro atoms. The van der Waals surface area contributed by atoms with Gasteiger partial charge in [-0.1, -0.05) is 12.8 Å². The molecule has 20 heavy (non-hydrogen) atoms. The summed E-state index contributed by atoms with van der Waals surface area (Å²) in [6.45, 7) is 0. The SMILES string of the molecule is Fc1ccc(-c2nc3c(cnn3C3CCCC3)[nH]2)cc1. The van der Waals surface area contributed by atoms with Crippen LogP contribution in [0.4, 0.5) is 4.39 Å². The molecule has 1 aromatic carbocycles. The summed E-state index contributed by atoms with van der Waals surface area (Å²) in [6, 6.07) is 6.84. The molecule has 4 rings (SSSR count). The van der Waals surface area contributed by atoms with E-state index in [1.54, 1.807) is 12.1 Å². The number of rotatable bonds is 2. The fraction of sp³-hybridized carbons (Fsp3) is 0.333.